The molecule has 0 bridgehead atoms. The summed E-state index contributed by atoms with van der Waals surface area (Å²) in [6.45, 7) is 0.633. The third kappa shape index (κ3) is 9.56. The maximum Gasteiger partial charge on any atom is 0.208 e. The minimum Gasteiger partial charge on any atom is -0.377 e. The van der Waals surface area contributed by atoms with Crippen molar-refractivity contribution in [2.24, 2.45) is 0 Å². The number of anilines is 1. The summed E-state index contributed by atoms with van der Waals surface area (Å²) in [5.41, 5.74) is 1.18. The van der Waals surface area contributed by atoms with Gasteiger partial charge in [0, 0.05) is 31.9 Å². The van der Waals surface area contributed by atoms with Crippen LogP contribution in [0.4, 0.5) is 5.69 Å². The minimum atomic E-state index is -4.94. The van der Waals surface area contributed by atoms with Gasteiger partial charge in [0.2, 0.25) is 6.54 Å². The average Bonchev–Trinajstić information content (AvgIpc) is 2.16. The normalized spacial score (nSPS) is 9.94. The van der Waals surface area contributed by atoms with E-state index in [0.717, 1.165) is 0 Å². The van der Waals surface area contributed by atoms with Gasteiger partial charge in [-0.3, -0.25) is 0 Å². The van der Waals surface area contributed by atoms with Gasteiger partial charge in [-0.1, -0.05) is 0 Å². The first-order chi connectivity index (χ1) is 7.74. The first-order valence-electron chi connectivity index (χ1n) is 4.45. The molecule has 1 rings (SSSR count). The molecule has 1 aromatic rings. The Labute approximate surface area is 102 Å². The molecule has 0 aliphatic heterocycles. The van der Waals surface area contributed by atoms with Gasteiger partial charge >= 0.3 is 0 Å². The van der Waals surface area contributed by atoms with E-state index in [9.17, 15) is 0 Å². The van der Waals surface area contributed by atoms with Crippen LogP contribution in [0.3, 0.4) is 0 Å². The summed E-state index contributed by atoms with van der Waals surface area (Å²) in [5.74, 6) is 2.58. The molecule has 7 heteroatoms. The van der Waals surface area contributed by atoms with E-state index in [1.807, 2.05) is 43.2 Å². The zero-order valence-corrected chi connectivity index (χ0v) is 10.3. The fourth-order valence-corrected chi connectivity index (χ4v) is 0.958. The molecule has 0 saturated heterocycles. The van der Waals surface area contributed by atoms with Crippen LogP contribution < -0.4 is 28.1 Å². The fraction of sp³-hybridized carbons (Fsp3) is 0.300. The summed E-state index contributed by atoms with van der Waals surface area (Å²) in [4.78, 5) is 2.06. The van der Waals surface area contributed by atoms with Crippen molar-refractivity contribution in [3.8, 4) is 12.3 Å². The van der Waals surface area contributed by atoms with E-state index in [1.54, 1.807) is 0 Å². The molecule has 0 radical (unpaired) electrons. The van der Waals surface area contributed by atoms with E-state index < -0.39 is 10.2 Å². The summed E-state index contributed by atoms with van der Waals surface area (Å²) >= 11 is 0. The third-order valence-corrected chi connectivity index (χ3v) is 1.66. The SMILES string of the molecule is C#CC[n+]1ccc(N(C)C)cc1.[O-][Cl+3]([O-])([O-])[O-]. The molecule has 0 aliphatic rings. The van der Waals surface area contributed by atoms with Gasteiger partial charge in [-0.05, 0) is 5.92 Å². The summed E-state index contributed by atoms with van der Waals surface area (Å²) in [6.07, 6.45) is 9.14. The van der Waals surface area contributed by atoms with Crippen LogP contribution in [0.2, 0.25) is 0 Å². The highest BCUT2D eigenvalue weighted by atomic mass is 35.7. The fourth-order valence-electron chi connectivity index (χ4n) is 0.958. The number of rotatable bonds is 2. The molecule has 0 atom stereocenters. The Morgan fingerprint density at radius 3 is 1.94 bits per heavy atom. The van der Waals surface area contributed by atoms with Crippen molar-refractivity contribution in [1.29, 1.82) is 0 Å². The van der Waals surface area contributed by atoms with E-state index >= 15 is 0 Å². The second kappa shape index (κ2) is 7.06. The Kier molecular flexibility index (Phi) is 6.50. The van der Waals surface area contributed by atoms with Crippen molar-refractivity contribution in [3.63, 3.8) is 0 Å². The van der Waals surface area contributed by atoms with Gasteiger partial charge in [-0.2, -0.15) is 4.57 Å². The number of halogens is 1. The minimum absolute atomic E-state index is 0.633. The molecule has 0 amide bonds. The molecule has 17 heavy (non-hydrogen) atoms. The van der Waals surface area contributed by atoms with Crippen molar-refractivity contribution < 1.29 is 33.4 Å². The summed E-state index contributed by atoms with van der Waals surface area (Å²) < 4.78 is 35.9. The lowest BCUT2D eigenvalue weighted by molar-refractivity contribution is -2.00. The van der Waals surface area contributed by atoms with Gasteiger partial charge in [0.05, 0.1) is 0 Å². The third-order valence-electron chi connectivity index (χ3n) is 1.66. The molecule has 0 unspecified atom stereocenters. The van der Waals surface area contributed by atoms with E-state index in [-0.39, 0.29) is 0 Å². The molecule has 1 heterocycles. The Bertz CT molecular complexity index is 361. The van der Waals surface area contributed by atoms with Crippen LogP contribution in [-0.4, -0.2) is 14.1 Å². The summed E-state index contributed by atoms with van der Waals surface area (Å²) in [7, 11) is -0.915. The van der Waals surface area contributed by atoms with Gasteiger partial charge in [0.15, 0.2) is 12.4 Å². The monoisotopic (exact) mass is 260 g/mol. The summed E-state index contributed by atoms with van der Waals surface area (Å²) in [5, 5.41) is 0. The second-order valence-electron chi connectivity index (χ2n) is 3.21. The molecule has 0 aliphatic carbocycles. The molecular weight excluding hydrogens is 248 g/mol. The molecule has 0 N–H and O–H groups in total. The largest absolute Gasteiger partial charge is 0.377 e. The maximum atomic E-state index is 8.49. The number of nitrogens with zero attached hydrogens (tertiary/aromatic N) is 2. The lowest BCUT2D eigenvalue weighted by Crippen LogP contribution is -2.68. The van der Waals surface area contributed by atoms with Crippen LogP contribution >= 0.6 is 0 Å². The smallest absolute Gasteiger partial charge is 0.208 e. The number of terminal acetylenes is 1. The lowest BCUT2D eigenvalue weighted by Gasteiger charge is -2.17. The standard InChI is InChI=1S/C10H13N2.ClHO4/c1-4-7-12-8-5-10(6-9-12)11(2)3;2-1(3,4)5/h1,5-6,8-9H,7H2,2-3H3;(H,2,3,4,5)/q+1;/p-1. The molecule has 94 valence electrons. The van der Waals surface area contributed by atoms with Crippen molar-refractivity contribution >= 4 is 5.69 Å². The van der Waals surface area contributed by atoms with Crippen LogP contribution in [-0.2, 0) is 6.54 Å². The zero-order chi connectivity index (χ0) is 13.5. The first kappa shape index (κ1) is 15.6. The number of hydrogen-bond acceptors (Lipinski definition) is 5. The summed E-state index contributed by atoms with van der Waals surface area (Å²) in [6, 6.07) is 4.08. The van der Waals surface area contributed by atoms with Crippen molar-refractivity contribution in [2.45, 2.75) is 6.54 Å². The van der Waals surface area contributed by atoms with E-state index in [1.165, 1.54) is 5.69 Å². The van der Waals surface area contributed by atoms with Gasteiger partial charge in [0.1, 0.15) is 0 Å². The molecule has 1 aromatic heterocycles. The van der Waals surface area contributed by atoms with Crippen LogP contribution in [0.1, 0.15) is 0 Å². The quantitative estimate of drug-likeness (QED) is 0.398. The molecule has 0 aromatic carbocycles. The predicted octanol–water partition coefficient (Wildman–Crippen LogP) is -4.08. The topological polar surface area (TPSA) is 99.4 Å². The van der Waals surface area contributed by atoms with Gasteiger partial charge in [-0.25, -0.2) is 18.6 Å². The average molecular weight is 261 g/mol. The predicted molar refractivity (Wildman–Crippen MR) is 49.8 cm³/mol. The Morgan fingerprint density at radius 2 is 1.65 bits per heavy atom. The zero-order valence-electron chi connectivity index (χ0n) is 9.50. The Morgan fingerprint density at radius 1 is 1.24 bits per heavy atom. The van der Waals surface area contributed by atoms with Crippen LogP contribution in [0.5, 0.6) is 0 Å². The molecule has 0 spiro atoms. The Hall–Kier alpha value is -1.36. The molecule has 0 saturated carbocycles. The van der Waals surface area contributed by atoms with Gasteiger partial charge < -0.3 is 4.90 Å². The van der Waals surface area contributed by atoms with Crippen molar-refractivity contribution in [2.75, 3.05) is 19.0 Å². The van der Waals surface area contributed by atoms with E-state index in [2.05, 4.69) is 10.8 Å². The molecule has 6 nitrogen and oxygen atoms in total. The van der Waals surface area contributed by atoms with Crippen LogP contribution in [0, 0.1) is 22.6 Å². The highest BCUT2D eigenvalue weighted by Gasteiger charge is 1.98. The molecule has 0 fully saturated rings. The van der Waals surface area contributed by atoms with E-state index in [0.29, 0.717) is 6.54 Å². The van der Waals surface area contributed by atoms with Crippen molar-refractivity contribution in [3.05, 3.63) is 24.5 Å². The molecular formula is C10H13ClN2O4. The highest BCUT2D eigenvalue weighted by Crippen LogP contribution is 2.05. The van der Waals surface area contributed by atoms with Crippen molar-refractivity contribution in [1.82, 2.24) is 0 Å². The maximum absolute atomic E-state index is 8.49. The Balaban J connectivity index is 0.000000437. The van der Waals surface area contributed by atoms with Gasteiger partial charge in [0.25, 0.3) is 0 Å². The van der Waals surface area contributed by atoms with Gasteiger partial charge in [-0.15, -0.1) is 16.7 Å². The first-order valence-corrected chi connectivity index (χ1v) is 5.69. The lowest BCUT2D eigenvalue weighted by atomic mass is 10.4. The van der Waals surface area contributed by atoms with E-state index in [4.69, 9.17) is 25.1 Å². The number of hydrogen-bond donors (Lipinski definition) is 0. The highest BCUT2D eigenvalue weighted by molar-refractivity contribution is 5.41. The van der Waals surface area contributed by atoms with Crippen LogP contribution in [0.25, 0.3) is 0 Å². The van der Waals surface area contributed by atoms with Crippen LogP contribution in [0.15, 0.2) is 24.5 Å². The number of aromatic nitrogens is 1. The second-order valence-corrected chi connectivity index (χ2v) is 3.96. The number of pyridine rings is 1.